The highest BCUT2D eigenvalue weighted by atomic mass is 16.3. The molecule has 1 heteroatoms. The molecular weight excluding hydrogens is 172 g/mol. The third kappa shape index (κ3) is 3.35. The summed E-state index contributed by atoms with van der Waals surface area (Å²) < 4.78 is 0. The molecule has 2 atom stereocenters. The molecule has 0 aliphatic carbocycles. The van der Waals surface area contributed by atoms with E-state index in [0.717, 1.165) is 6.42 Å². The van der Waals surface area contributed by atoms with Crippen LogP contribution in [0.3, 0.4) is 0 Å². The van der Waals surface area contributed by atoms with Gasteiger partial charge in [0.05, 0.1) is 6.10 Å². The van der Waals surface area contributed by atoms with Crippen molar-refractivity contribution in [2.75, 3.05) is 0 Å². The molecule has 0 spiro atoms. The van der Waals surface area contributed by atoms with Crippen LogP contribution < -0.4 is 0 Å². The fourth-order valence-corrected chi connectivity index (χ4v) is 1.63. The zero-order valence-corrected chi connectivity index (χ0v) is 8.85. The molecule has 1 rings (SSSR count). The van der Waals surface area contributed by atoms with Crippen molar-refractivity contribution in [1.82, 2.24) is 0 Å². The van der Waals surface area contributed by atoms with Crippen LogP contribution in [0.25, 0.3) is 0 Å². The average Bonchev–Trinajstić information content (AvgIpc) is 2.18. The SMILES string of the molecule is C/C=C\[C@@H](C[C@H](C)O)c1ccccc1. The molecular formula is C13H18O. The van der Waals surface area contributed by atoms with Gasteiger partial charge in [0.15, 0.2) is 0 Å². The summed E-state index contributed by atoms with van der Waals surface area (Å²) in [5, 5.41) is 9.38. The number of benzene rings is 1. The molecule has 0 fully saturated rings. The highest BCUT2D eigenvalue weighted by Crippen LogP contribution is 2.22. The second-order valence-corrected chi connectivity index (χ2v) is 3.63. The molecule has 1 aromatic rings. The van der Waals surface area contributed by atoms with Gasteiger partial charge in [-0.05, 0) is 25.8 Å². The number of aliphatic hydroxyl groups is 1. The molecule has 0 aliphatic heterocycles. The summed E-state index contributed by atoms with van der Waals surface area (Å²) in [6.07, 6.45) is 4.72. The zero-order chi connectivity index (χ0) is 10.4. The van der Waals surface area contributed by atoms with E-state index in [4.69, 9.17) is 0 Å². The molecule has 0 saturated carbocycles. The van der Waals surface area contributed by atoms with Crippen molar-refractivity contribution in [3.8, 4) is 0 Å². The second kappa shape index (κ2) is 5.61. The van der Waals surface area contributed by atoms with Crippen molar-refractivity contribution in [1.29, 1.82) is 0 Å². The lowest BCUT2D eigenvalue weighted by Gasteiger charge is -2.14. The lowest BCUT2D eigenvalue weighted by Crippen LogP contribution is -2.06. The quantitative estimate of drug-likeness (QED) is 0.723. The van der Waals surface area contributed by atoms with Crippen LogP contribution in [0.5, 0.6) is 0 Å². The molecule has 0 radical (unpaired) electrons. The van der Waals surface area contributed by atoms with Gasteiger partial charge in [-0.3, -0.25) is 0 Å². The smallest absolute Gasteiger partial charge is 0.0520 e. The minimum absolute atomic E-state index is 0.253. The third-order valence-electron chi connectivity index (χ3n) is 2.25. The van der Waals surface area contributed by atoms with Gasteiger partial charge in [0.2, 0.25) is 0 Å². The van der Waals surface area contributed by atoms with E-state index in [1.165, 1.54) is 5.56 Å². The van der Waals surface area contributed by atoms with Gasteiger partial charge in [0.25, 0.3) is 0 Å². The Morgan fingerprint density at radius 3 is 2.43 bits per heavy atom. The highest BCUT2D eigenvalue weighted by molar-refractivity contribution is 5.23. The Hall–Kier alpha value is -1.08. The van der Waals surface area contributed by atoms with Crippen molar-refractivity contribution in [2.24, 2.45) is 0 Å². The van der Waals surface area contributed by atoms with Gasteiger partial charge in [-0.1, -0.05) is 42.5 Å². The van der Waals surface area contributed by atoms with E-state index in [9.17, 15) is 5.11 Å². The van der Waals surface area contributed by atoms with Crippen molar-refractivity contribution in [2.45, 2.75) is 32.3 Å². The highest BCUT2D eigenvalue weighted by Gasteiger charge is 2.09. The minimum atomic E-state index is -0.253. The number of aliphatic hydroxyl groups excluding tert-OH is 1. The van der Waals surface area contributed by atoms with Crippen molar-refractivity contribution >= 4 is 0 Å². The van der Waals surface area contributed by atoms with E-state index < -0.39 is 0 Å². The standard InChI is InChI=1S/C13H18O/c1-3-7-13(10-11(2)14)12-8-5-4-6-9-12/h3-9,11,13-14H,10H2,1-2H3/b7-3-/t11-,13-/m0/s1. The van der Waals surface area contributed by atoms with Gasteiger partial charge in [-0.2, -0.15) is 0 Å². The van der Waals surface area contributed by atoms with Gasteiger partial charge in [-0.15, -0.1) is 0 Å². The summed E-state index contributed by atoms with van der Waals surface area (Å²) in [5.74, 6) is 0.334. The summed E-state index contributed by atoms with van der Waals surface area (Å²) >= 11 is 0. The van der Waals surface area contributed by atoms with E-state index in [0.29, 0.717) is 5.92 Å². The van der Waals surface area contributed by atoms with Crippen LogP contribution >= 0.6 is 0 Å². The number of hydrogen-bond donors (Lipinski definition) is 1. The maximum absolute atomic E-state index is 9.38. The maximum atomic E-state index is 9.38. The number of rotatable bonds is 4. The lowest BCUT2D eigenvalue weighted by atomic mass is 9.93. The fourth-order valence-electron chi connectivity index (χ4n) is 1.63. The Bertz CT molecular complexity index is 275. The first kappa shape index (κ1) is 11.0. The molecule has 0 aromatic heterocycles. The van der Waals surface area contributed by atoms with Gasteiger partial charge in [0, 0.05) is 5.92 Å². The van der Waals surface area contributed by atoms with Gasteiger partial charge in [0.1, 0.15) is 0 Å². The van der Waals surface area contributed by atoms with Crippen molar-refractivity contribution in [3.05, 3.63) is 48.0 Å². The lowest BCUT2D eigenvalue weighted by molar-refractivity contribution is 0.180. The molecule has 0 unspecified atom stereocenters. The maximum Gasteiger partial charge on any atom is 0.0520 e. The van der Waals surface area contributed by atoms with Gasteiger partial charge >= 0.3 is 0 Å². The fraction of sp³-hybridized carbons (Fsp3) is 0.385. The first-order valence-electron chi connectivity index (χ1n) is 5.10. The first-order chi connectivity index (χ1) is 6.74. The van der Waals surface area contributed by atoms with E-state index in [2.05, 4.69) is 18.2 Å². The molecule has 0 saturated heterocycles. The van der Waals surface area contributed by atoms with Crippen LogP contribution in [-0.4, -0.2) is 11.2 Å². The molecule has 1 aromatic carbocycles. The summed E-state index contributed by atoms with van der Waals surface area (Å²) in [5.41, 5.74) is 1.27. The number of hydrogen-bond acceptors (Lipinski definition) is 1. The monoisotopic (exact) mass is 190 g/mol. The topological polar surface area (TPSA) is 20.2 Å². The van der Waals surface area contributed by atoms with Crippen LogP contribution in [0.15, 0.2) is 42.5 Å². The molecule has 76 valence electrons. The Balaban J connectivity index is 2.78. The molecule has 0 bridgehead atoms. The summed E-state index contributed by atoms with van der Waals surface area (Å²) in [4.78, 5) is 0. The zero-order valence-electron chi connectivity index (χ0n) is 8.85. The van der Waals surface area contributed by atoms with Crippen LogP contribution in [0, 0.1) is 0 Å². The molecule has 1 nitrogen and oxygen atoms in total. The van der Waals surface area contributed by atoms with E-state index in [1.807, 2.05) is 38.1 Å². The van der Waals surface area contributed by atoms with Crippen molar-refractivity contribution in [3.63, 3.8) is 0 Å². The van der Waals surface area contributed by atoms with Crippen LogP contribution in [-0.2, 0) is 0 Å². The molecule has 0 amide bonds. The summed E-state index contributed by atoms with van der Waals surface area (Å²) in [6.45, 7) is 3.84. The third-order valence-corrected chi connectivity index (χ3v) is 2.25. The Morgan fingerprint density at radius 1 is 1.29 bits per heavy atom. The van der Waals surface area contributed by atoms with Gasteiger partial charge < -0.3 is 5.11 Å². The normalized spacial score (nSPS) is 15.6. The predicted molar refractivity (Wildman–Crippen MR) is 60.3 cm³/mol. The Kier molecular flexibility index (Phi) is 4.41. The second-order valence-electron chi connectivity index (χ2n) is 3.63. The molecule has 1 N–H and O–H groups in total. The van der Waals surface area contributed by atoms with Crippen molar-refractivity contribution < 1.29 is 5.11 Å². The van der Waals surface area contributed by atoms with E-state index >= 15 is 0 Å². The summed E-state index contributed by atoms with van der Waals surface area (Å²) in [6, 6.07) is 10.3. The first-order valence-corrected chi connectivity index (χ1v) is 5.10. The molecule has 0 heterocycles. The summed E-state index contributed by atoms with van der Waals surface area (Å²) in [7, 11) is 0. The Labute approximate surface area is 86.1 Å². The molecule has 0 aliphatic rings. The Morgan fingerprint density at radius 2 is 1.93 bits per heavy atom. The van der Waals surface area contributed by atoms with Crippen LogP contribution in [0.2, 0.25) is 0 Å². The van der Waals surface area contributed by atoms with Crippen LogP contribution in [0.1, 0.15) is 31.7 Å². The largest absolute Gasteiger partial charge is 0.393 e. The van der Waals surface area contributed by atoms with Gasteiger partial charge in [-0.25, -0.2) is 0 Å². The van der Waals surface area contributed by atoms with Crippen LogP contribution in [0.4, 0.5) is 0 Å². The molecule has 14 heavy (non-hydrogen) atoms. The average molecular weight is 190 g/mol. The number of allylic oxidation sites excluding steroid dienone is 2. The minimum Gasteiger partial charge on any atom is -0.393 e. The van der Waals surface area contributed by atoms with E-state index in [1.54, 1.807) is 0 Å². The predicted octanol–water partition coefficient (Wildman–Crippen LogP) is 3.12. The van der Waals surface area contributed by atoms with E-state index in [-0.39, 0.29) is 6.10 Å².